The zero-order chi connectivity index (χ0) is 24.6. The summed E-state index contributed by atoms with van der Waals surface area (Å²) in [4.78, 5) is 14.4. The molecule has 0 aliphatic heterocycles. The number of urea groups is 1. The molecule has 3 aromatic rings. The van der Waals surface area contributed by atoms with Crippen LogP contribution in [0.15, 0.2) is 77.7 Å². The van der Waals surface area contributed by atoms with Crippen molar-refractivity contribution >= 4 is 21.8 Å². The van der Waals surface area contributed by atoms with Crippen molar-refractivity contribution in [1.82, 2.24) is 4.90 Å². The minimum atomic E-state index is -4.13. The number of hydrogen-bond donors (Lipinski definition) is 1. The number of hydrogen-bond acceptors (Lipinski definition) is 5. The van der Waals surface area contributed by atoms with Gasteiger partial charge in [-0.05, 0) is 60.0 Å². The first-order valence-corrected chi connectivity index (χ1v) is 12.1. The minimum absolute atomic E-state index is 0.0882. The highest BCUT2D eigenvalue weighted by Crippen LogP contribution is 2.22. The Morgan fingerprint density at radius 2 is 1.76 bits per heavy atom. The van der Waals surface area contributed by atoms with Crippen LogP contribution in [-0.4, -0.2) is 39.6 Å². The molecule has 0 aliphatic carbocycles. The van der Waals surface area contributed by atoms with E-state index in [1.54, 1.807) is 30.2 Å². The first-order valence-electron chi connectivity index (χ1n) is 10.7. The Balaban J connectivity index is 1.76. The first-order chi connectivity index (χ1) is 16.3. The lowest BCUT2D eigenvalue weighted by Crippen LogP contribution is -2.37. The van der Waals surface area contributed by atoms with Crippen LogP contribution in [0.5, 0.6) is 5.75 Å². The van der Waals surface area contributed by atoms with Gasteiger partial charge < -0.3 is 19.1 Å². The number of aryl methyl sites for hydroxylation is 1. The van der Waals surface area contributed by atoms with Crippen LogP contribution in [0.4, 0.5) is 14.9 Å². The van der Waals surface area contributed by atoms with Crippen LogP contribution in [0.3, 0.4) is 0 Å². The molecule has 0 aromatic heterocycles. The molecule has 180 valence electrons. The topological polar surface area (TPSA) is 84.9 Å². The number of para-hydroxylation sites is 1. The molecule has 3 aromatic carbocycles. The summed E-state index contributed by atoms with van der Waals surface area (Å²) in [6.45, 7) is 2.88. The lowest BCUT2D eigenvalue weighted by atomic mass is 10.1. The number of rotatable bonds is 10. The molecule has 0 radical (unpaired) electrons. The molecule has 9 heteroatoms. The van der Waals surface area contributed by atoms with Crippen LogP contribution in [0.25, 0.3) is 0 Å². The molecule has 7 nitrogen and oxygen atoms in total. The highest BCUT2D eigenvalue weighted by atomic mass is 32.2. The van der Waals surface area contributed by atoms with Gasteiger partial charge >= 0.3 is 16.1 Å². The van der Waals surface area contributed by atoms with Crippen molar-refractivity contribution in [2.24, 2.45) is 0 Å². The average Bonchev–Trinajstić information content (AvgIpc) is 2.82. The van der Waals surface area contributed by atoms with Crippen molar-refractivity contribution in [3.05, 3.63) is 89.7 Å². The summed E-state index contributed by atoms with van der Waals surface area (Å²) in [6, 6.07) is 18.1. The summed E-state index contributed by atoms with van der Waals surface area (Å²) < 4.78 is 48.5. The number of ether oxygens (including phenoxy) is 1. The molecule has 3 rings (SSSR count). The van der Waals surface area contributed by atoms with Crippen molar-refractivity contribution in [2.45, 2.75) is 24.8 Å². The number of anilines is 1. The van der Waals surface area contributed by atoms with E-state index in [4.69, 9.17) is 8.92 Å². The second-order valence-corrected chi connectivity index (χ2v) is 9.04. The Labute approximate surface area is 199 Å². The largest absolute Gasteiger partial charge is 0.383 e. The van der Waals surface area contributed by atoms with E-state index < -0.39 is 15.9 Å². The SMILES string of the molecule is CCc1ccccc1NC(=O)N(CCOC)Cc1cccc(OS(=O)(=O)c2ccc(F)cc2)c1. The maximum Gasteiger partial charge on any atom is 0.339 e. The molecule has 0 saturated carbocycles. The third kappa shape index (κ3) is 6.79. The fourth-order valence-corrected chi connectivity index (χ4v) is 4.21. The van der Waals surface area contributed by atoms with Crippen molar-refractivity contribution in [3.8, 4) is 5.75 Å². The van der Waals surface area contributed by atoms with Crippen LogP contribution in [0.1, 0.15) is 18.1 Å². The van der Waals surface area contributed by atoms with Gasteiger partial charge in [0.15, 0.2) is 0 Å². The molecule has 1 N–H and O–H groups in total. The van der Waals surface area contributed by atoms with Gasteiger partial charge in [-0.2, -0.15) is 8.42 Å². The molecule has 0 atom stereocenters. The quantitative estimate of drug-likeness (QED) is 0.415. The normalized spacial score (nSPS) is 11.1. The smallest absolute Gasteiger partial charge is 0.339 e. The second kappa shape index (κ2) is 11.6. The molecule has 0 spiro atoms. The van der Waals surface area contributed by atoms with E-state index in [0.717, 1.165) is 41.9 Å². The highest BCUT2D eigenvalue weighted by molar-refractivity contribution is 7.87. The van der Waals surface area contributed by atoms with E-state index in [1.165, 1.54) is 6.07 Å². The molecule has 0 bridgehead atoms. The van der Waals surface area contributed by atoms with Gasteiger partial charge in [0.25, 0.3) is 0 Å². The molecule has 0 aliphatic rings. The molecule has 2 amide bonds. The maximum atomic E-state index is 13.1. The first kappa shape index (κ1) is 25.2. The van der Waals surface area contributed by atoms with E-state index in [2.05, 4.69) is 5.32 Å². The van der Waals surface area contributed by atoms with Crippen LogP contribution in [0.2, 0.25) is 0 Å². The monoisotopic (exact) mass is 486 g/mol. The molecule has 0 fully saturated rings. The lowest BCUT2D eigenvalue weighted by Gasteiger charge is -2.24. The van der Waals surface area contributed by atoms with Crippen molar-refractivity contribution in [3.63, 3.8) is 0 Å². The Morgan fingerprint density at radius 3 is 2.47 bits per heavy atom. The van der Waals surface area contributed by atoms with Crippen molar-refractivity contribution in [2.75, 3.05) is 25.6 Å². The number of carbonyl (C=O) groups excluding carboxylic acids is 1. The third-order valence-electron chi connectivity index (χ3n) is 5.07. The summed E-state index contributed by atoms with van der Waals surface area (Å²) in [5.41, 5.74) is 2.42. The molecule has 34 heavy (non-hydrogen) atoms. The predicted molar refractivity (Wildman–Crippen MR) is 128 cm³/mol. The third-order valence-corrected chi connectivity index (χ3v) is 6.33. The van der Waals surface area contributed by atoms with E-state index in [-0.39, 0.29) is 23.2 Å². The minimum Gasteiger partial charge on any atom is -0.383 e. The van der Waals surface area contributed by atoms with Gasteiger partial charge in [-0.25, -0.2) is 9.18 Å². The summed E-state index contributed by atoms with van der Waals surface area (Å²) in [6.07, 6.45) is 0.774. The standard InChI is InChI=1S/C25H27FN2O5S/c1-3-20-8-4-5-10-24(20)27-25(29)28(15-16-32-2)18-19-7-6-9-22(17-19)33-34(30,31)23-13-11-21(26)12-14-23/h4-14,17H,3,15-16,18H2,1-2H3,(H,27,29). The van der Waals surface area contributed by atoms with E-state index >= 15 is 0 Å². The zero-order valence-corrected chi connectivity index (χ0v) is 19.8. The summed E-state index contributed by atoms with van der Waals surface area (Å²) in [7, 11) is -2.58. The number of benzene rings is 3. The lowest BCUT2D eigenvalue weighted by molar-refractivity contribution is 0.153. The van der Waals surface area contributed by atoms with Gasteiger partial charge in [0.1, 0.15) is 16.5 Å². The van der Waals surface area contributed by atoms with Crippen LogP contribution >= 0.6 is 0 Å². The van der Waals surface area contributed by atoms with Crippen LogP contribution < -0.4 is 9.50 Å². The van der Waals surface area contributed by atoms with E-state index in [1.807, 2.05) is 31.2 Å². The van der Waals surface area contributed by atoms with Crippen LogP contribution in [0, 0.1) is 5.82 Å². The Bertz CT molecular complexity index is 1220. The van der Waals surface area contributed by atoms with Crippen molar-refractivity contribution in [1.29, 1.82) is 0 Å². The number of amides is 2. The van der Waals surface area contributed by atoms with E-state index in [0.29, 0.717) is 18.7 Å². The Morgan fingerprint density at radius 1 is 1.03 bits per heavy atom. The Hall–Kier alpha value is -3.43. The number of methoxy groups -OCH3 is 1. The maximum absolute atomic E-state index is 13.1. The number of nitrogens with zero attached hydrogens (tertiary/aromatic N) is 1. The van der Waals surface area contributed by atoms with Crippen LogP contribution in [-0.2, 0) is 27.8 Å². The summed E-state index contributed by atoms with van der Waals surface area (Å²) >= 11 is 0. The van der Waals surface area contributed by atoms with Gasteiger partial charge in [0.2, 0.25) is 0 Å². The average molecular weight is 487 g/mol. The number of carbonyl (C=O) groups is 1. The molecule has 0 saturated heterocycles. The fraction of sp³-hybridized carbons (Fsp3) is 0.240. The van der Waals surface area contributed by atoms with Gasteiger partial charge in [-0.3, -0.25) is 0 Å². The van der Waals surface area contributed by atoms with Gasteiger partial charge in [0.05, 0.1) is 6.61 Å². The summed E-state index contributed by atoms with van der Waals surface area (Å²) in [5.74, 6) is -0.456. The summed E-state index contributed by atoms with van der Waals surface area (Å²) in [5, 5.41) is 2.94. The van der Waals surface area contributed by atoms with Gasteiger partial charge in [-0.15, -0.1) is 0 Å². The van der Waals surface area contributed by atoms with Gasteiger partial charge in [0, 0.05) is 25.9 Å². The fourth-order valence-electron chi connectivity index (χ4n) is 3.29. The van der Waals surface area contributed by atoms with Gasteiger partial charge in [-0.1, -0.05) is 37.3 Å². The molecule has 0 heterocycles. The molecular weight excluding hydrogens is 459 g/mol. The zero-order valence-electron chi connectivity index (χ0n) is 19.0. The second-order valence-electron chi connectivity index (χ2n) is 7.49. The number of nitrogens with one attached hydrogen (secondary N) is 1. The number of halogens is 1. The van der Waals surface area contributed by atoms with Crippen molar-refractivity contribution < 1.29 is 26.5 Å². The van der Waals surface area contributed by atoms with E-state index in [9.17, 15) is 17.6 Å². The Kier molecular flexibility index (Phi) is 8.61. The molecular formula is C25H27FN2O5S. The highest BCUT2D eigenvalue weighted by Gasteiger charge is 2.19. The predicted octanol–water partition coefficient (Wildman–Crippen LogP) is 4.84. The molecule has 0 unspecified atom stereocenters.